The molecular weight excluding hydrogens is 395 g/mol. The summed E-state index contributed by atoms with van der Waals surface area (Å²) in [5, 5.41) is 11.7. The molecule has 3 rings (SSSR count). The van der Waals surface area contributed by atoms with E-state index in [9.17, 15) is 18.0 Å². The molecule has 0 fully saturated rings. The number of rotatable bonds is 5. The van der Waals surface area contributed by atoms with Crippen LogP contribution in [0.4, 0.5) is 18.9 Å². The summed E-state index contributed by atoms with van der Waals surface area (Å²) in [7, 11) is 0. The van der Waals surface area contributed by atoms with E-state index in [1.165, 1.54) is 19.1 Å². The zero-order valence-corrected chi connectivity index (χ0v) is 16.3. The smallest absolute Gasteiger partial charge is 0.418 e. The Bertz CT molecular complexity index is 1170. The molecule has 1 N–H and O–H groups in total. The third-order valence-corrected chi connectivity index (χ3v) is 4.47. The molecule has 0 bridgehead atoms. The fourth-order valence-corrected chi connectivity index (χ4v) is 3.30. The number of aryl methyl sites for hydroxylation is 1. The van der Waals surface area contributed by atoms with E-state index in [-0.39, 0.29) is 17.9 Å². The van der Waals surface area contributed by atoms with E-state index in [2.05, 4.69) is 11.9 Å². The number of aromatic nitrogens is 1. The summed E-state index contributed by atoms with van der Waals surface area (Å²) >= 11 is 0. The number of carbonyl (C=O) groups excluding carboxylic acids is 1. The first kappa shape index (κ1) is 21.0. The van der Waals surface area contributed by atoms with Gasteiger partial charge in [0.15, 0.2) is 0 Å². The largest absolute Gasteiger partial charge is 0.487 e. The number of nitrogens with zero attached hydrogens (tertiary/aromatic N) is 2. The van der Waals surface area contributed by atoms with Crippen molar-refractivity contribution in [1.29, 1.82) is 5.26 Å². The number of amides is 1. The highest BCUT2D eigenvalue weighted by Crippen LogP contribution is 2.39. The molecule has 0 saturated heterocycles. The molecule has 0 atom stereocenters. The average molecular weight is 413 g/mol. The lowest BCUT2D eigenvalue weighted by atomic mass is 10.0. The zero-order valence-electron chi connectivity index (χ0n) is 16.3. The summed E-state index contributed by atoms with van der Waals surface area (Å²) in [4.78, 5) is 11.1. The van der Waals surface area contributed by atoms with Crippen molar-refractivity contribution in [1.82, 2.24) is 4.57 Å². The second kappa shape index (κ2) is 7.95. The highest BCUT2D eigenvalue weighted by molar-refractivity contribution is 5.90. The summed E-state index contributed by atoms with van der Waals surface area (Å²) in [6.07, 6.45) is -4.66. The lowest BCUT2D eigenvalue weighted by Gasteiger charge is -2.15. The van der Waals surface area contributed by atoms with E-state index in [0.29, 0.717) is 28.3 Å². The van der Waals surface area contributed by atoms with Crippen LogP contribution < -0.4 is 10.1 Å². The van der Waals surface area contributed by atoms with Gasteiger partial charge in [-0.25, -0.2) is 0 Å². The quantitative estimate of drug-likeness (QED) is 0.613. The van der Waals surface area contributed by atoms with Gasteiger partial charge in [-0.05, 0) is 49.4 Å². The van der Waals surface area contributed by atoms with Crippen LogP contribution in [0.5, 0.6) is 5.75 Å². The van der Waals surface area contributed by atoms with Crippen molar-refractivity contribution >= 4 is 28.2 Å². The van der Waals surface area contributed by atoms with Crippen molar-refractivity contribution in [3.8, 4) is 11.8 Å². The number of hydrogen-bond acceptors (Lipinski definition) is 3. The maximum Gasteiger partial charge on any atom is 0.418 e. The van der Waals surface area contributed by atoms with Crippen molar-refractivity contribution in [2.45, 2.75) is 20.0 Å². The van der Waals surface area contributed by atoms with Crippen LogP contribution in [0, 0.1) is 18.3 Å². The minimum atomic E-state index is -4.66. The molecule has 0 spiro atoms. The van der Waals surface area contributed by atoms with Crippen LogP contribution >= 0.6 is 0 Å². The summed E-state index contributed by atoms with van der Waals surface area (Å²) in [5.74, 6) is 0.326. The number of halogens is 3. The van der Waals surface area contributed by atoms with Crippen LogP contribution in [-0.4, -0.2) is 17.1 Å². The average Bonchev–Trinajstić information content (AvgIpc) is 3.00. The molecule has 1 aromatic heterocycles. The molecule has 0 radical (unpaired) electrons. The third kappa shape index (κ3) is 4.15. The normalized spacial score (nSPS) is 11.2. The molecule has 3 aromatic rings. The Morgan fingerprint density at radius 2 is 1.90 bits per heavy atom. The molecule has 0 aliphatic rings. The monoisotopic (exact) mass is 413 g/mol. The first-order valence-corrected chi connectivity index (χ1v) is 8.92. The predicted molar refractivity (Wildman–Crippen MR) is 108 cm³/mol. The minimum absolute atomic E-state index is 0.0332. The van der Waals surface area contributed by atoms with Gasteiger partial charge in [0, 0.05) is 23.7 Å². The van der Waals surface area contributed by atoms with Gasteiger partial charge in [0.2, 0.25) is 5.91 Å². The van der Waals surface area contributed by atoms with Gasteiger partial charge in [-0.2, -0.15) is 18.4 Å². The SMILES string of the molecule is C=C(COc1ccc(NC(C)=O)cc1)n1c(C)cc2c(C(F)(F)F)c(C#N)ccc21. The molecule has 0 unspecified atom stereocenters. The molecule has 0 aliphatic heterocycles. The van der Waals surface area contributed by atoms with E-state index in [1.807, 2.05) is 0 Å². The maximum atomic E-state index is 13.6. The van der Waals surface area contributed by atoms with Crippen molar-refractivity contribution in [3.05, 3.63) is 65.9 Å². The van der Waals surface area contributed by atoms with E-state index in [4.69, 9.17) is 10.00 Å². The summed E-state index contributed by atoms with van der Waals surface area (Å²) in [5.41, 5.74) is 0.522. The predicted octanol–water partition coefficient (Wildman–Crippen LogP) is 5.35. The van der Waals surface area contributed by atoms with Gasteiger partial charge in [0.25, 0.3) is 0 Å². The Morgan fingerprint density at radius 1 is 1.23 bits per heavy atom. The van der Waals surface area contributed by atoms with Crippen LogP contribution in [0.3, 0.4) is 0 Å². The Morgan fingerprint density at radius 3 is 2.47 bits per heavy atom. The van der Waals surface area contributed by atoms with Gasteiger partial charge in [-0.1, -0.05) is 6.58 Å². The molecular formula is C22H18F3N3O2. The Hall–Kier alpha value is -3.73. The fraction of sp³-hybridized carbons (Fsp3) is 0.182. The van der Waals surface area contributed by atoms with E-state index in [0.717, 1.165) is 6.07 Å². The molecule has 0 aliphatic carbocycles. The van der Waals surface area contributed by atoms with Gasteiger partial charge in [-0.15, -0.1) is 0 Å². The van der Waals surface area contributed by atoms with E-state index < -0.39 is 17.3 Å². The van der Waals surface area contributed by atoms with Crippen molar-refractivity contribution in [2.75, 3.05) is 11.9 Å². The number of fused-ring (bicyclic) bond motifs is 1. The molecule has 1 heterocycles. The third-order valence-electron chi connectivity index (χ3n) is 4.47. The molecule has 8 heteroatoms. The number of anilines is 1. The molecule has 0 saturated carbocycles. The number of benzene rings is 2. The zero-order chi connectivity index (χ0) is 22.1. The van der Waals surface area contributed by atoms with Crippen LogP contribution in [0.1, 0.15) is 23.7 Å². The van der Waals surface area contributed by atoms with Crippen molar-refractivity contribution in [2.24, 2.45) is 0 Å². The minimum Gasteiger partial charge on any atom is -0.487 e. The summed E-state index contributed by atoms with van der Waals surface area (Å²) < 4.78 is 47.9. The van der Waals surface area contributed by atoms with Gasteiger partial charge in [0.1, 0.15) is 12.4 Å². The molecule has 1 amide bonds. The van der Waals surface area contributed by atoms with Crippen molar-refractivity contribution in [3.63, 3.8) is 0 Å². The second-order valence-corrected chi connectivity index (χ2v) is 6.71. The van der Waals surface area contributed by atoms with Crippen LogP contribution in [0.25, 0.3) is 16.6 Å². The van der Waals surface area contributed by atoms with Crippen LogP contribution in [-0.2, 0) is 11.0 Å². The molecule has 154 valence electrons. The van der Waals surface area contributed by atoms with E-state index >= 15 is 0 Å². The number of alkyl halides is 3. The number of nitriles is 1. The maximum absolute atomic E-state index is 13.6. The number of hydrogen-bond donors (Lipinski definition) is 1. The van der Waals surface area contributed by atoms with Gasteiger partial charge >= 0.3 is 6.18 Å². The Labute approximate surface area is 171 Å². The Kier molecular flexibility index (Phi) is 5.56. The molecule has 5 nitrogen and oxygen atoms in total. The number of carbonyl (C=O) groups is 1. The summed E-state index contributed by atoms with van der Waals surface area (Å²) in [6.45, 7) is 7.05. The van der Waals surface area contributed by atoms with Gasteiger partial charge in [-0.3, -0.25) is 4.79 Å². The summed E-state index contributed by atoms with van der Waals surface area (Å²) in [6, 6.07) is 12.3. The number of nitrogens with one attached hydrogen (secondary N) is 1. The lowest BCUT2D eigenvalue weighted by Crippen LogP contribution is -2.10. The van der Waals surface area contributed by atoms with Crippen LogP contribution in [0.15, 0.2) is 49.0 Å². The van der Waals surface area contributed by atoms with Crippen molar-refractivity contribution < 1.29 is 22.7 Å². The topological polar surface area (TPSA) is 67.0 Å². The fourth-order valence-electron chi connectivity index (χ4n) is 3.30. The Balaban J connectivity index is 1.88. The molecule has 2 aromatic carbocycles. The highest BCUT2D eigenvalue weighted by Gasteiger charge is 2.36. The standard InChI is InChI=1S/C22H18F3N3O2/c1-13-10-19-20(9-4-16(11-26)21(19)22(23,24)25)28(13)14(2)12-30-18-7-5-17(6-8-18)27-15(3)29/h4-10H,2,12H2,1,3H3,(H,27,29). The number of ether oxygens (including phenoxy) is 1. The van der Waals surface area contributed by atoms with Gasteiger partial charge in [0.05, 0.1) is 28.4 Å². The first-order valence-electron chi connectivity index (χ1n) is 8.92. The molecule has 30 heavy (non-hydrogen) atoms. The first-order chi connectivity index (χ1) is 14.1. The van der Waals surface area contributed by atoms with Gasteiger partial charge < -0.3 is 14.6 Å². The highest BCUT2D eigenvalue weighted by atomic mass is 19.4. The van der Waals surface area contributed by atoms with Crippen LogP contribution in [0.2, 0.25) is 0 Å². The van der Waals surface area contributed by atoms with E-state index in [1.54, 1.807) is 41.8 Å². The second-order valence-electron chi connectivity index (χ2n) is 6.71. The lowest BCUT2D eigenvalue weighted by molar-refractivity contribution is -0.136.